The number of carbonyl (C=O) groups excluding carboxylic acids is 2. The van der Waals surface area contributed by atoms with Gasteiger partial charge in [-0.25, -0.2) is 19.9 Å². The molecule has 0 atom stereocenters. The molecular formula is C48H56N16O2. The van der Waals surface area contributed by atoms with Crippen LogP contribution >= 0.6 is 0 Å². The molecule has 6 N–H and O–H groups in total. The van der Waals surface area contributed by atoms with Crippen LogP contribution in [0.3, 0.4) is 0 Å². The minimum absolute atomic E-state index is 0.0635. The summed E-state index contributed by atoms with van der Waals surface area (Å²) >= 11 is 0. The largest absolute Gasteiger partial charge is 0.369 e. The lowest BCUT2D eigenvalue weighted by Crippen LogP contribution is -2.51. The first-order valence-corrected chi connectivity index (χ1v) is 23.0. The minimum atomic E-state index is -0.0635. The maximum Gasteiger partial charge on any atom is 0.234 e. The van der Waals surface area contributed by atoms with E-state index >= 15 is 0 Å². The molecule has 2 amide bonds. The zero-order chi connectivity index (χ0) is 44.7. The first kappa shape index (κ1) is 41.8. The van der Waals surface area contributed by atoms with Gasteiger partial charge in [0.1, 0.15) is 23.3 Å². The van der Waals surface area contributed by atoms with Gasteiger partial charge in [0, 0.05) is 101 Å². The summed E-state index contributed by atoms with van der Waals surface area (Å²) in [5, 5.41) is 6.06. The third kappa shape index (κ3) is 9.04. The molecule has 0 radical (unpaired) electrons. The highest BCUT2D eigenvalue weighted by atomic mass is 16.2. The molecule has 4 aromatic carbocycles. The zero-order valence-corrected chi connectivity index (χ0v) is 37.5. The number of fused-ring (bicyclic) bond motifs is 4. The van der Waals surface area contributed by atoms with E-state index in [1.165, 1.54) is 11.4 Å². The molecule has 0 spiro atoms. The van der Waals surface area contributed by atoms with E-state index in [0.717, 1.165) is 119 Å². The molecular weight excluding hydrogens is 833 g/mol. The lowest BCUT2D eigenvalue weighted by molar-refractivity contribution is -0.125. The Morgan fingerprint density at radius 2 is 0.848 bits per heavy atom. The average Bonchev–Trinajstić information content (AvgIpc) is 4.15. The van der Waals surface area contributed by atoms with E-state index in [9.17, 15) is 9.59 Å². The summed E-state index contributed by atoms with van der Waals surface area (Å²) in [5.74, 6) is 2.87. The topological polar surface area (TPSA) is 192 Å². The molecule has 66 heavy (non-hydrogen) atoms. The van der Waals surface area contributed by atoms with Crippen LogP contribution in [0.25, 0.3) is 66.9 Å². The van der Waals surface area contributed by atoms with Crippen LogP contribution in [0, 0.1) is 0 Å². The number of benzene rings is 4. The Kier molecular flexibility index (Phi) is 11.3. The monoisotopic (exact) mass is 888 g/mol. The Morgan fingerprint density at radius 1 is 0.470 bits per heavy atom. The smallest absolute Gasteiger partial charge is 0.234 e. The number of aromatic amines is 4. The Bertz CT molecular complexity index is 2830. The number of hydrogen-bond acceptors (Lipinski definition) is 12. The van der Waals surface area contributed by atoms with Crippen molar-refractivity contribution in [2.75, 3.05) is 116 Å². The number of nitrogens with one attached hydrogen (secondary N) is 6. The van der Waals surface area contributed by atoms with Gasteiger partial charge in [-0.3, -0.25) is 19.4 Å². The Labute approximate surface area is 381 Å². The number of carbonyl (C=O) groups is 2. The molecule has 3 saturated heterocycles. The molecule has 0 aliphatic carbocycles. The van der Waals surface area contributed by atoms with Crippen LogP contribution in [0.5, 0.6) is 0 Å². The van der Waals surface area contributed by atoms with E-state index in [1.807, 2.05) is 36.4 Å². The Morgan fingerprint density at radius 3 is 1.27 bits per heavy atom. The maximum absolute atomic E-state index is 13.0. The van der Waals surface area contributed by atoms with Gasteiger partial charge in [0.2, 0.25) is 11.8 Å². The molecule has 8 aromatic rings. The van der Waals surface area contributed by atoms with Crippen LogP contribution in [0.1, 0.15) is 11.6 Å². The van der Waals surface area contributed by atoms with Crippen LogP contribution < -0.4 is 20.4 Å². The highest BCUT2D eigenvalue weighted by molar-refractivity contribution is 5.88. The summed E-state index contributed by atoms with van der Waals surface area (Å²) < 4.78 is 0. The zero-order valence-electron chi connectivity index (χ0n) is 37.5. The summed E-state index contributed by atoms with van der Waals surface area (Å²) in [6.45, 7) is 12.3. The first-order valence-electron chi connectivity index (χ1n) is 23.0. The number of rotatable bonds is 12. The highest BCUT2D eigenvalue weighted by Gasteiger charge is 2.22. The molecule has 18 nitrogen and oxygen atoms in total. The number of aromatic nitrogens is 8. The molecule has 0 unspecified atom stereocenters. The molecule has 11 rings (SSSR count). The summed E-state index contributed by atoms with van der Waals surface area (Å²) in [7, 11) is 4.34. The van der Waals surface area contributed by atoms with E-state index in [4.69, 9.17) is 19.9 Å². The predicted octanol–water partition coefficient (Wildman–Crippen LogP) is 3.58. The number of likely N-dealkylation sites (N-methyl/N-ethyl adjacent to an activating group) is 2. The molecule has 340 valence electrons. The summed E-state index contributed by atoms with van der Waals surface area (Å²) in [6.07, 6.45) is 0. The van der Waals surface area contributed by atoms with Crippen molar-refractivity contribution in [1.29, 1.82) is 0 Å². The van der Waals surface area contributed by atoms with Gasteiger partial charge in [-0.2, -0.15) is 0 Å². The number of H-pyrrole nitrogens is 4. The normalized spacial score (nSPS) is 17.2. The van der Waals surface area contributed by atoms with E-state index in [-0.39, 0.29) is 24.9 Å². The second-order valence-corrected chi connectivity index (χ2v) is 18.1. The predicted molar refractivity (Wildman–Crippen MR) is 258 cm³/mol. The maximum atomic E-state index is 13.0. The average molecular weight is 889 g/mol. The third-order valence-corrected chi connectivity index (χ3v) is 13.4. The van der Waals surface area contributed by atoms with Crippen molar-refractivity contribution in [3.8, 4) is 22.8 Å². The van der Waals surface area contributed by atoms with Crippen LogP contribution in [-0.2, 0) is 22.7 Å². The molecule has 18 heteroatoms. The number of hydrogen-bond donors (Lipinski definition) is 6. The summed E-state index contributed by atoms with van der Waals surface area (Å²) in [6, 6.07) is 25.0. The van der Waals surface area contributed by atoms with Gasteiger partial charge in [0.15, 0.2) is 0 Å². The van der Waals surface area contributed by atoms with Gasteiger partial charge in [0.25, 0.3) is 0 Å². The second kappa shape index (κ2) is 17.8. The molecule has 3 fully saturated rings. The fraction of sp³-hybridized carbons (Fsp3) is 0.375. The Hall–Kier alpha value is -6.86. The number of anilines is 2. The first-order chi connectivity index (χ1) is 32.2. The van der Waals surface area contributed by atoms with Crippen molar-refractivity contribution in [3.05, 3.63) is 84.4 Å². The van der Waals surface area contributed by atoms with Crippen molar-refractivity contribution in [2.45, 2.75) is 13.1 Å². The molecule has 0 saturated carbocycles. The molecule has 3 aliphatic rings. The number of amides is 2. The summed E-state index contributed by atoms with van der Waals surface area (Å²) in [5.41, 5.74) is 11.7. The van der Waals surface area contributed by atoms with Gasteiger partial charge >= 0.3 is 0 Å². The van der Waals surface area contributed by atoms with Crippen molar-refractivity contribution in [3.63, 3.8) is 0 Å². The van der Waals surface area contributed by atoms with Gasteiger partial charge in [-0.15, -0.1) is 0 Å². The van der Waals surface area contributed by atoms with Gasteiger partial charge in [0.05, 0.1) is 70.3 Å². The number of imidazole rings is 4. The van der Waals surface area contributed by atoms with Crippen molar-refractivity contribution < 1.29 is 9.59 Å². The SMILES string of the molecule is CN1CCN(c2ccc3nc(-c4ccc5nc(CNC(=O)CN6CCN(CC(=O)NCc7nc8ccc(-c9nc%10ccc(N%11CCN(C)CC%11)cc%10[nH]9)cc8[nH]7)CC6)[nH]c5c4)[nH]c3c2)CC1. The van der Waals surface area contributed by atoms with E-state index in [0.29, 0.717) is 50.9 Å². The van der Waals surface area contributed by atoms with Gasteiger partial charge in [-0.1, -0.05) is 0 Å². The molecule has 4 aromatic heterocycles. The number of nitrogens with zero attached hydrogens (tertiary/aromatic N) is 10. The standard InChI is InChI=1S/C48H56N16O2/c1-59-11-19-63(20-12-59)33-5-9-37-41(25-33)57-47(55-37)31-3-7-35-39(23-31)53-43(51-35)27-49-45(65)29-61-15-17-62(18-16-61)30-46(66)50-28-44-52-36-8-4-32(24-40(36)54-44)48-56-38-10-6-34(26-42(38)58-48)64-21-13-60(2)14-22-64/h3-10,23-26H,11-22,27-30H2,1-2H3,(H,49,65)(H,50,66)(H,51,53)(H,52,54)(H,55,57)(H,56,58). The lowest BCUT2D eigenvalue weighted by Gasteiger charge is -2.34. The van der Waals surface area contributed by atoms with Crippen LogP contribution in [0.2, 0.25) is 0 Å². The minimum Gasteiger partial charge on any atom is -0.369 e. The molecule has 7 heterocycles. The molecule has 0 bridgehead atoms. The lowest BCUT2D eigenvalue weighted by atomic mass is 10.2. The van der Waals surface area contributed by atoms with Gasteiger partial charge < -0.3 is 50.2 Å². The second-order valence-electron chi connectivity index (χ2n) is 18.1. The van der Waals surface area contributed by atoms with E-state index in [1.54, 1.807) is 0 Å². The van der Waals surface area contributed by atoms with E-state index in [2.05, 4.69) is 110 Å². The highest BCUT2D eigenvalue weighted by Crippen LogP contribution is 2.29. The quantitative estimate of drug-likeness (QED) is 0.105. The van der Waals surface area contributed by atoms with Crippen molar-refractivity contribution in [1.82, 2.24) is 70.1 Å². The summed E-state index contributed by atoms with van der Waals surface area (Å²) in [4.78, 5) is 72.8. The third-order valence-electron chi connectivity index (χ3n) is 13.4. The fourth-order valence-corrected chi connectivity index (χ4v) is 9.37. The van der Waals surface area contributed by atoms with Crippen LogP contribution in [0.15, 0.2) is 72.8 Å². The van der Waals surface area contributed by atoms with Crippen molar-refractivity contribution >= 4 is 67.3 Å². The van der Waals surface area contributed by atoms with Crippen LogP contribution in [0.4, 0.5) is 11.4 Å². The van der Waals surface area contributed by atoms with Crippen LogP contribution in [-0.4, -0.2) is 177 Å². The fourth-order valence-electron chi connectivity index (χ4n) is 9.37. The van der Waals surface area contributed by atoms with Gasteiger partial charge in [-0.05, 0) is 86.9 Å². The Balaban J connectivity index is 0.621. The number of piperazine rings is 3. The van der Waals surface area contributed by atoms with E-state index < -0.39 is 0 Å². The molecule has 3 aliphatic heterocycles. The van der Waals surface area contributed by atoms with Crippen molar-refractivity contribution in [2.24, 2.45) is 0 Å².